The molecule has 0 spiro atoms. The van der Waals surface area contributed by atoms with Crippen LogP contribution in [0.25, 0.3) is 20.2 Å². The van der Waals surface area contributed by atoms with E-state index in [0.717, 1.165) is 26.5 Å². The minimum absolute atomic E-state index is 0.271. The summed E-state index contributed by atoms with van der Waals surface area (Å²) in [5.41, 5.74) is 0. The number of phenols is 2. The van der Waals surface area contributed by atoms with E-state index in [1.807, 2.05) is 24.3 Å². The molecule has 0 atom stereocenters. The van der Waals surface area contributed by atoms with Crippen molar-refractivity contribution in [3.05, 3.63) is 28.3 Å². The topological polar surface area (TPSA) is 43.5 Å². The van der Waals surface area contributed by atoms with Gasteiger partial charge in [0.05, 0.1) is 9.40 Å². The van der Waals surface area contributed by atoms with Gasteiger partial charge in [0.2, 0.25) is 0 Å². The van der Waals surface area contributed by atoms with E-state index in [0.29, 0.717) is 10.8 Å². The van der Waals surface area contributed by atoms with Crippen LogP contribution in [0.1, 0.15) is 13.8 Å². The van der Waals surface area contributed by atoms with Gasteiger partial charge < -0.3 is 10.2 Å². The molecule has 20 heavy (non-hydrogen) atoms. The third-order valence-electron chi connectivity index (χ3n) is 3.47. The van der Waals surface area contributed by atoms with E-state index < -0.39 is 0 Å². The van der Waals surface area contributed by atoms with Gasteiger partial charge in [-0.15, -0.1) is 0 Å². The highest BCUT2D eigenvalue weighted by Gasteiger charge is 2.17. The Morgan fingerprint density at radius 2 is 1.35 bits per heavy atom. The molecule has 0 bridgehead atoms. The third-order valence-corrected chi connectivity index (χ3v) is 6.17. The van der Waals surface area contributed by atoms with Gasteiger partial charge in [0.25, 0.3) is 0 Å². The van der Waals surface area contributed by atoms with Crippen LogP contribution in [0.3, 0.4) is 0 Å². The number of aromatic hydroxyl groups is 2. The summed E-state index contributed by atoms with van der Waals surface area (Å²) in [6.07, 6.45) is 0. The van der Waals surface area contributed by atoms with E-state index in [-0.39, 0.29) is 11.5 Å². The van der Waals surface area contributed by atoms with Crippen molar-refractivity contribution in [3.63, 3.8) is 0 Å². The van der Waals surface area contributed by atoms with Crippen molar-refractivity contribution in [2.45, 2.75) is 13.8 Å². The highest BCUT2D eigenvalue weighted by molar-refractivity contribution is 7.36. The SMILES string of the molecule is CC[N+](CC)=c1sc2c(O)c3ccccc3c(O)c2s1. The summed E-state index contributed by atoms with van der Waals surface area (Å²) >= 11 is 3.09. The molecule has 0 aliphatic rings. The van der Waals surface area contributed by atoms with Crippen LogP contribution in [0.2, 0.25) is 0 Å². The van der Waals surface area contributed by atoms with E-state index in [9.17, 15) is 10.2 Å². The van der Waals surface area contributed by atoms with E-state index in [4.69, 9.17) is 0 Å². The predicted molar refractivity (Wildman–Crippen MR) is 86.9 cm³/mol. The highest BCUT2D eigenvalue weighted by atomic mass is 32.2. The molecule has 1 heterocycles. The maximum Gasteiger partial charge on any atom is 0.315 e. The van der Waals surface area contributed by atoms with Crippen molar-refractivity contribution < 1.29 is 10.2 Å². The second-order valence-electron chi connectivity index (χ2n) is 4.54. The van der Waals surface area contributed by atoms with Crippen LogP contribution in [0.15, 0.2) is 24.3 Å². The minimum Gasteiger partial charge on any atom is -0.506 e. The minimum atomic E-state index is 0.271. The van der Waals surface area contributed by atoms with Crippen LogP contribution >= 0.6 is 22.7 Å². The van der Waals surface area contributed by atoms with Gasteiger partial charge in [0.1, 0.15) is 24.6 Å². The van der Waals surface area contributed by atoms with Gasteiger partial charge in [-0.3, -0.25) is 0 Å². The van der Waals surface area contributed by atoms with Crippen LogP contribution in [-0.2, 0) is 0 Å². The monoisotopic (exact) mass is 306 g/mol. The molecule has 2 aromatic carbocycles. The van der Waals surface area contributed by atoms with Crippen LogP contribution in [-0.4, -0.2) is 23.3 Å². The fourth-order valence-corrected chi connectivity index (χ4v) is 5.18. The van der Waals surface area contributed by atoms with Crippen molar-refractivity contribution in [1.29, 1.82) is 0 Å². The second-order valence-corrected chi connectivity index (χ2v) is 6.80. The van der Waals surface area contributed by atoms with Gasteiger partial charge in [-0.1, -0.05) is 46.9 Å². The Balaban J connectivity index is 2.52. The number of benzene rings is 2. The fraction of sp³-hybridized carbons (Fsp3) is 0.267. The lowest BCUT2D eigenvalue weighted by molar-refractivity contribution is 0.480. The first-order chi connectivity index (χ1) is 9.67. The smallest absolute Gasteiger partial charge is 0.315 e. The molecular weight excluding hydrogens is 290 g/mol. The normalized spacial score (nSPS) is 11.3. The molecular formula is C15H16NO2S2+. The van der Waals surface area contributed by atoms with E-state index >= 15 is 0 Å². The molecule has 1 aromatic heterocycles. The van der Waals surface area contributed by atoms with E-state index in [1.165, 1.54) is 0 Å². The molecule has 0 saturated carbocycles. The Labute approximate surface area is 124 Å². The zero-order chi connectivity index (χ0) is 14.3. The van der Waals surface area contributed by atoms with Gasteiger partial charge in [0, 0.05) is 10.8 Å². The van der Waals surface area contributed by atoms with Crippen LogP contribution in [0.4, 0.5) is 0 Å². The Morgan fingerprint density at radius 3 is 1.75 bits per heavy atom. The summed E-state index contributed by atoms with van der Waals surface area (Å²) in [5, 5.41) is 22.3. The van der Waals surface area contributed by atoms with Crippen LogP contribution in [0, 0.1) is 0 Å². The Morgan fingerprint density at radius 1 is 0.900 bits per heavy atom. The van der Waals surface area contributed by atoms with Crippen molar-refractivity contribution in [2.75, 3.05) is 13.1 Å². The Hall–Kier alpha value is -1.59. The van der Waals surface area contributed by atoms with Gasteiger partial charge in [0.15, 0.2) is 0 Å². The van der Waals surface area contributed by atoms with Crippen LogP contribution < -0.4 is 8.56 Å². The molecule has 3 rings (SSSR count). The van der Waals surface area contributed by atoms with Gasteiger partial charge >= 0.3 is 3.98 Å². The lowest BCUT2D eigenvalue weighted by Gasteiger charge is -2.04. The molecule has 0 fully saturated rings. The maximum absolute atomic E-state index is 10.5. The quantitative estimate of drug-likeness (QED) is 0.563. The first-order valence-corrected chi connectivity index (χ1v) is 8.24. The van der Waals surface area contributed by atoms with Crippen molar-refractivity contribution >= 4 is 42.8 Å². The van der Waals surface area contributed by atoms with E-state index in [2.05, 4.69) is 18.4 Å². The predicted octanol–water partition coefficient (Wildman–Crippen LogP) is 3.34. The summed E-state index contributed by atoms with van der Waals surface area (Å²) in [4.78, 5) is 0. The van der Waals surface area contributed by atoms with Gasteiger partial charge in [-0.25, -0.2) is 4.58 Å². The summed E-state index contributed by atoms with van der Waals surface area (Å²) in [7, 11) is 0. The van der Waals surface area contributed by atoms with Gasteiger partial charge in [-0.2, -0.15) is 0 Å². The number of nitrogens with zero attached hydrogens (tertiary/aromatic N) is 1. The van der Waals surface area contributed by atoms with E-state index in [1.54, 1.807) is 22.7 Å². The van der Waals surface area contributed by atoms with Crippen molar-refractivity contribution in [3.8, 4) is 11.5 Å². The lowest BCUT2D eigenvalue weighted by atomic mass is 10.1. The number of fused-ring (bicyclic) bond motifs is 2. The first kappa shape index (κ1) is 13.4. The maximum atomic E-state index is 10.5. The second kappa shape index (κ2) is 5.07. The number of phenolic OH excluding ortho intramolecular Hbond substituents is 2. The molecule has 0 saturated heterocycles. The highest BCUT2D eigenvalue weighted by Crippen LogP contribution is 2.44. The summed E-state index contributed by atoms with van der Waals surface area (Å²) in [6, 6.07) is 7.42. The zero-order valence-corrected chi connectivity index (χ0v) is 13.0. The molecule has 3 aromatic rings. The standard InChI is InChI=1S/C15H15NO2S2/c1-3-16(4-2)15-19-13-11(17)9-7-5-6-8-10(9)12(18)14(13)20-15/h5-8H,3-4H2,1-2H3,(H-,17,18)/p+1. The van der Waals surface area contributed by atoms with Crippen LogP contribution in [0.5, 0.6) is 11.5 Å². The molecule has 0 aliphatic carbocycles. The number of hydrogen-bond acceptors (Lipinski definition) is 4. The summed E-state index contributed by atoms with van der Waals surface area (Å²) in [5.74, 6) is 0.543. The Kier molecular flexibility index (Phi) is 3.40. The van der Waals surface area contributed by atoms with Crippen molar-refractivity contribution in [1.82, 2.24) is 4.58 Å². The number of rotatable bonds is 2. The molecule has 0 amide bonds. The average Bonchev–Trinajstić information content (AvgIpc) is 2.92. The molecule has 104 valence electrons. The molecule has 5 heteroatoms. The summed E-state index contributed by atoms with van der Waals surface area (Å²) in [6.45, 7) is 6.05. The molecule has 2 N–H and O–H groups in total. The molecule has 0 radical (unpaired) electrons. The molecule has 0 unspecified atom stereocenters. The third kappa shape index (κ3) is 1.89. The molecule has 0 aliphatic heterocycles. The zero-order valence-electron chi connectivity index (χ0n) is 11.4. The fourth-order valence-electron chi connectivity index (χ4n) is 2.35. The van der Waals surface area contributed by atoms with Crippen molar-refractivity contribution in [2.24, 2.45) is 0 Å². The Bertz CT molecular complexity index is 794. The summed E-state index contributed by atoms with van der Waals surface area (Å²) < 4.78 is 4.89. The first-order valence-electron chi connectivity index (χ1n) is 6.61. The molecule has 3 nitrogen and oxygen atoms in total. The van der Waals surface area contributed by atoms with Gasteiger partial charge in [-0.05, 0) is 13.8 Å². The lowest BCUT2D eigenvalue weighted by Crippen LogP contribution is -2.25. The average molecular weight is 306 g/mol. The largest absolute Gasteiger partial charge is 0.506 e. The number of hydrogen-bond donors (Lipinski definition) is 2.